The fourth-order valence-electron chi connectivity index (χ4n) is 2.41. The molecule has 1 aliphatic rings. The van der Waals surface area contributed by atoms with E-state index < -0.39 is 14.7 Å². The van der Waals surface area contributed by atoms with Crippen LogP contribution in [0.1, 0.15) is 13.8 Å². The van der Waals surface area contributed by atoms with E-state index in [1.165, 1.54) is 11.4 Å². The summed E-state index contributed by atoms with van der Waals surface area (Å²) in [6.45, 7) is 4.72. The van der Waals surface area contributed by atoms with Gasteiger partial charge in [-0.1, -0.05) is 0 Å². The Morgan fingerprint density at radius 2 is 1.29 bits per heavy atom. The Hall–Kier alpha value is -1.20. The SMILES string of the molecule is CC(C)[As]1c2ccccc2Nc2ccccc21. The van der Waals surface area contributed by atoms with Gasteiger partial charge in [-0.25, -0.2) is 0 Å². The molecular weight excluding hydrogens is 269 g/mol. The van der Waals surface area contributed by atoms with Crippen LogP contribution in [-0.2, 0) is 0 Å². The Morgan fingerprint density at radius 3 is 1.76 bits per heavy atom. The second-order valence-electron chi connectivity index (χ2n) is 4.62. The zero-order valence-electron chi connectivity index (χ0n) is 10.1. The number of hydrogen-bond acceptors (Lipinski definition) is 1. The van der Waals surface area contributed by atoms with Gasteiger partial charge in [0.15, 0.2) is 0 Å². The van der Waals surface area contributed by atoms with Crippen molar-refractivity contribution in [3.63, 3.8) is 0 Å². The van der Waals surface area contributed by atoms with Crippen LogP contribution in [0.2, 0.25) is 4.71 Å². The normalized spacial score (nSPS) is 14.1. The van der Waals surface area contributed by atoms with Crippen molar-refractivity contribution in [3.05, 3.63) is 48.5 Å². The Labute approximate surface area is 107 Å². The van der Waals surface area contributed by atoms with E-state index in [4.69, 9.17) is 0 Å². The molecule has 17 heavy (non-hydrogen) atoms. The van der Waals surface area contributed by atoms with Gasteiger partial charge in [0.05, 0.1) is 0 Å². The van der Waals surface area contributed by atoms with E-state index in [1.807, 2.05) is 0 Å². The topological polar surface area (TPSA) is 12.0 Å². The minimum atomic E-state index is -1.14. The van der Waals surface area contributed by atoms with Gasteiger partial charge in [0.2, 0.25) is 0 Å². The van der Waals surface area contributed by atoms with Crippen LogP contribution < -0.4 is 14.0 Å². The summed E-state index contributed by atoms with van der Waals surface area (Å²) in [7, 11) is 0. The molecular formula is C15H16AsN. The van der Waals surface area contributed by atoms with Crippen LogP contribution in [0.25, 0.3) is 0 Å². The van der Waals surface area contributed by atoms with Crippen molar-refractivity contribution in [2.75, 3.05) is 5.32 Å². The van der Waals surface area contributed by atoms with E-state index in [1.54, 1.807) is 8.70 Å². The van der Waals surface area contributed by atoms with Crippen LogP contribution in [0.4, 0.5) is 11.4 Å². The molecule has 3 rings (SSSR count). The quantitative estimate of drug-likeness (QED) is 0.794. The zero-order chi connectivity index (χ0) is 11.8. The van der Waals surface area contributed by atoms with Gasteiger partial charge in [-0.2, -0.15) is 0 Å². The molecule has 0 aromatic heterocycles. The van der Waals surface area contributed by atoms with Crippen molar-refractivity contribution in [1.29, 1.82) is 0 Å². The molecule has 0 fully saturated rings. The number of anilines is 2. The third kappa shape index (κ3) is 1.79. The number of para-hydroxylation sites is 2. The number of nitrogens with one attached hydrogen (secondary N) is 1. The van der Waals surface area contributed by atoms with Gasteiger partial charge in [0.1, 0.15) is 0 Å². The number of fused-ring (bicyclic) bond motifs is 2. The van der Waals surface area contributed by atoms with Crippen LogP contribution in [0, 0.1) is 0 Å². The third-order valence-corrected chi connectivity index (χ3v) is 9.09. The first-order chi connectivity index (χ1) is 8.27. The van der Waals surface area contributed by atoms with Crippen LogP contribution in [0.3, 0.4) is 0 Å². The van der Waals surface area contributed by atoms with Crippen molar-refractivity contribution >= 4 is 34.7 Å². The van der Waals surface area contributed by atoms with Crippen LogP contribution in [-0.4, -0.2) is 14.7 Å². The standard InChI is InChI=1S/C15H16AsN/c1-11(2)16-12-7-3-5-9-14(12)17-15-10-6-4-8-13(15)16/h3-11,17H,1-2H3. The summed E-state index contributed by atoms with van der Waals surface area (Å²) >= 11 is -1.14. The number of benzene rings is 2. The van der Waals surface area contributed by atoms with Crippen molar-refractivity contribution < 1.29 is 0 Å². The first kappa shape index (κ1) is 10.9. The van der Waals surface area contributed by atoms with Gasteiger partial charge >= 0.3 is 107 Å². The van der Waals surface area contributed by atoms with E-state index in [2.05, 4.69) is 67.7 Å². The Morgan fingerprint density at radius 1 is 0.824 bits per heavy atom. The average molecular weight is 285 g/mol. The molecule has 1 N–H and O–H groups in total. The third-order valence-electron chi connectivity index (χ3n) is 3.11. The fraction of sp³-hybridized carbons (Fsp3) is 0.200. The molecule has 0 unspecified atom stereocenters. The summed E-state index contributed by atoms with van der Waals surface area (Å²) in [5, 5.41) is 3.56. The zero-order valence-corrected chi connectivity index (χ0v) is 12.0. The minimum absolute atomic E-state index is 0.756. The first-order valence-electron chi connectivity index (χ1n) is 6.01. The van der Waals surface area contributed by atoms with Crippen molar-refractivity contribution in [3.8, 4) is 0 Å². The average Bonchev–Trinajstić information content (AvgIpc) is 2.35. The van der Waals surface area contributed by atoms with Gasteiger partial charge in [0, 0.05) is 0 Å². The first-order valence-corrected chi connectivity index (χ1v) is 8.97. The van der Waals surface area contributed by atoms with E-state index in [-0.39, 0.29) is 0 Å². The van der Waals surface area contributed by atoms with Crippen molar-refractivity contribution in [1.82, 2.24) is 0 Å². The second kappa shape index (κ2) is 4.23. The molecule has 0 bridgehead atoms. The summed E-state index contributed by atoms with van der Waals surface area (Å²) in [4.78, 5) is 0. The van der Waals surface area contributed by atoms with E-state index in [9.17, 15) is 0 Å². The van der Waals surface area contributed by atoms with Gasteiger partial charge < -0.3 is 0 Å². The Kier molecular flexibility index (Phi) is 2.72. The summed E-state index contributed by atoms with van der Waals surface area (Å²) in [5.41, 5.74) is 2.64. The maximum absolute atomic E-state index is 3.56. The monoisotopic (exact) mass is 285 g/mol. The molecule has 2 aromatic carbocycles. The molecule has 2 heteroatoms. The second-order valence-corrected chi connectivity index (χ2v) is 10.4. The molecule has 0 aliphatic carbocycles. The van der Waals surface area contributed by atoms with Crippen LogP contribution >= 0.6 is 0 Å². The van der Waals surface area contributed by atoms with Crippen LogP contribution in [0.5, 0.6) is 0 Å². The molecule has 1 heterocycles. The molecule has 1 aliphatic heterocycles. The molecule has 0 saturated heterocycles. The van der Waals surface area contributed by atoms with Crippen molar-refractivity contribution in [2.45, 2.75) is 18.6 Å². The summed E-state index contributed by atoms with van der Waals surface area (Å²) in [5.74, 6) is 0. The van der Waals surface area contributed by atoms with Crippen molar-refractivity contribution in [2.24, 2.45) is 0 Å². The number of rotatable bonds is 1. The number of hydrogen-bond donors (Lipinski definition) is 1. The summed E-state index contributed by atoms with van der Waals surface area (Å²) < 4.78 is 3.88. The van der Waals surface area contributed by atoms with Gasteiger partial charge in [0.25, 0.3) is 0 Å². The van der Waals surface area contributed by atoms with E-state index in [0.29, 0.717) is 0 Å². The molecule has 86 valence electrons. The predicted octanol–water partition coefficient (Wildman–Crippen LogP) is 2.76. The molecule has 0 atom stereocenters. The molecule has 1 nitrogen and oxygen atoms in total. The Bertz CT molecular complexity index is 503. The summed E-state index contributed by atoms with van der Waals surface area (Å²) in [6.07, 6.45) is 0. The predicted molar refractivity (Wildman–Crippen MR) is 76.3 cm³/mol. The Balaban J connectivity index is 2.21. The van der Waals surface area contributed by atoms with Gasteiger partial charge in [-0.3, -0.25) is 0 Å². The molecule has 0 saturated carbocycles. The van der Waals surface area contributed by atoms with E-state index >= 15 is 0 Å². The molecule has 0 radical (unpaired) electrons. The fourth-order valence-corrected chi connectivity index (χ4v) is 7.96. The molecule has 0 amide bonds. The van der Waals surface area contributed by atoms with Crippen LogP contribution in [0.15, 0.2) is 48.5 Å². The maximum atomic E-state index is 3.56. The van der Waals surface area contributed by atoms with Gasteiger partial charge in [-0.15, -0.1) is 0 Å². The van der Waals surface area contributed by atoms with Gasteiger partial charge in [-0.05, 0) is 0 Å². The molecule has 2 aromatic rings. The van der Waals surface area contributed by atoms with E-state index in [0.717, 1.165) is 4.71 Å². The summed E-state index contributed by atoms with van der Waals surface area (Å²) in [6, 6.07) is 17.6. The molecule has 0 spiro atoms.